The molecule has 0 atom stereocenters. The minimum absolute atomic E-state index is 0.712. The lowest BCUT2D eigenvalue weighted by Gasteiger charge is -2.00. The topological polar surface area (TPSA) is 17.8 Å². The summed E-state index contributed by atoms with van der Waals surface area (Å²) < 4.78 is 1.71. The summed E-state index contributed by atoms with van der Waals surface area (Å²) in [6.07, 6.45) is 3.97. The fourth-order valence-corrected chi connectivity index (χ4v) is 1.42. The smallest absolute Gasteiger partial charge is 0.0929 e. The highest BCUT2D eigenvalue weighted by atomic mass is 35.5. The fourth-order valence-electron chi connectivity index (χ4n) is 1.23. The highest BCUT2D eigenvalue weighted by Gasteiger charge is 2.00. The van der Waals surface area contributed by atoms with Gasteiger partial charge in [-0.05, 0) is 30.7 Å². The molecule has 0 fully saturated rings. The zero-order valence-corrected chi connectivity index (χ0v) is 8.62. The number of nitrogens with zero attached hydrogens (tertiary/aromatic N) is 2. The minimum atomic E-state index is 0.712. The van der Waals surface area contributed by atoms with Gasteiger partial charge in [-0.1, -0.05) is 24.6 Å². The van der Waals surface area contributed by atoms with Gasteiger partial charge < -0.3 is 0 Å². The van der Waals surface area contributed by atoms with Crippen LogP contribution in [0.4, 0.5) is 0 Å². The SMILES string of the molecule is CCc1c[c]n(-c2cccc(Cl)c2)n1. The molecule has 0 spiro atoms. The average molecular weight is 206 g/mol. The van der Waals surface area contributed by atoms with Crippen molar-refractivity contribution in [2.24, 2.45) is 0 Å². The van der Waals surface area contributed by atoms with Crippen molar-refractivity contribution in [3.8, 4) is 5.69 Å². The Morgan fingerprint density at radius 3 is 3.00 bits per heavy atom. The van der Waals surface area contributed by atoms with Crippen LogP contribution in [0, 0.1) is 6.20 Å². The van der Waals surface area contributed by atoms with Gasteiger partial charge in [0.1, 0.15) is 0 Å². The van der Waals surface area contributed by atoms with Gasteiger partial charge in [0.15, 0.2) is 0 Å². The van der Waals surface area contributed by atoms with Crippen molar-refractivity contribution >= 4 is 11.6 Å². The van der Waals surface area contributed by atoms with Crippen molar-refractivity contribution < 1.29 is 0 Å². The number of hydrogen-bond donors (Lipinski definition) is 0. The van der Waals surface area contributed by atoms with Gasteiger partial charge in [0.2, 0.25) is 0 Å². The maximum Gasteiger partial charge on any atom is 0.0929 e. The second-order valence-corrected chi connectivity index (χ2v) is 3.45. The predicted molar refractivity (Wildman–Crippen MR) is 56.8 cm³/mol. The summed E-state index contributed by atoms with van der Waals surface area (Å²) in [4.78, 5) is 0. The third kappa shape index (κ3) is 1.80. The molecule has 14 heavy (non-hydrogen) atoms. The molecule has 71 valence electrons. The van der Waals surface area contributed by atoms with Crippen molar-refractivity contribution in [3.63, 3.8) is 0 Å². The largest absolute Gasteiger partial charge is 0.231 e. The Labute approximate surface area is 88.1 Å². The van der Waals surface area contributed by atoms with Gasteiger partial charge in [0, 0.05) is 5.02 Å². The lowest BCUT2D eigenvalue weighted by Crippen LogP contribution is -1.95. The van der Waals surface area contributed by atoms with Gasteiger partial charge in [-0.25, -0.2) is 4.68 Å². The van der Waals surface area contributed by atoms with Gasteiger partial charge >= 0.3 is 0 Å². The molecule has 0 amide bonds. The van der Waals surface area contributed by atoms with E-state index in [0.717, 1.165) is 17.8 Å². The van der Waals surface area contributed by atoms with E-state index >= 15 is 0 Å². The summed E-state index contributed by atoms with van der Waals surface area (Å²) in [6.45, 7) is 2.07. The van der Waals surface area contributed by atoms with Gasteiger partial charge in [0.25, 0.3) is 0 Å². The quantitative estimate of drug-likeness (QED) is 0.737. The van der Waals surface area contributed by atoms with Crippen molar-refractivity contribution in [1.29, 1.82) is 0 Å². The van der Waals surface area contributed by atoms with Crippen LogP contribution in [-0.4, -0.2) is 9.78 Å². The molecule has 1 aromatic heterocycles. The van der Waals surface area contributed by atoms with Crippen LogP contribution >= 0.6 is 11.6 Å². The van der Waals surface area contributed by atoms with Gasteiger partial charge in [-0.3, -0.25) is 0 Å². The van der Waals surface area contributed by atoms with E-state index < -0.39 is 0 Å². The lowest BCUT2D eigenvalue weighted by molar-refractivity contribution is 0.837. The van der Waals surface area contributed by atoms with Crippen LogP contribution in [0.5, 0.6) is 0 Å². The Kier molecular flexibility index (Phi) is 2.55. The van der Waals surface area contributed by atoms with Gasteiger partial charge in [0.05, 0.1) is 17.6 Å². The number of rotatable bonds is 2. The van der Waals surface area contributed by atoms with E-state index in [2.05, 4.69) is 18.2 Å². The summed E-state index contributed by atoms with van der Waals surface area (Å²) in [5, 5.41) is 5.06. The molecule has 0 aliphatic carbocycles. The third-order valence-electron chi connectivity index (χ3n) is 2.00. The Balaban J connectivity index is 2.39. The summed E-state index contributed by atoms with van der Waals surface area (Å²) >= 11 is 5.88. The molecular weight excluding hydrogens is 196 g/mol. The molecule has 3 heteroatoms. The molecule has 0 saturated heterocycles. The first-order valence-electron chi connectivity index (χ1n) is 4.52. The third-order valence-corrected chi connectivity index (χ3v) is 2.23. The first-order chi connectivity index (χ1) is 6.79. The van der Waals surface area contributed by atoms with E-state index in [1.54, 1.807) is 4.68 Å². The lowest BCUT2D eigenvalue weighted by atomic mass is 10.3. The normalized spacial score (nSPS) is 10.4. The van der Waals surface area contributed by atoms with Crippen LogP contribution in [-0.2, 0) is 6.42 Å². The molecule has 0 N–H and O–H groups in total. The highest BCUT2D eigenvalue weighted by molar-refractivity contribution is 6.30. The van der Waals surface area contributed by atoms with Crippen molar-refractivity contribution in [2.45, 2.75) is 13.3 Å². The first kappa shape index (κ1) is 9.28. The van der Waals surface area contributed by atoms with Crippen molar-refractivity contribution in [2.75, 3.05) is 0 Å². The molecule has 0 aliphatic rings. The number of hydrogen-bond acceptors (Lipinski definition) is 1. The molecule has 2 rings (SSSR count). The van der Waals surface area contributed by atoms with Crippen LogP contribution < -0.4 is 0 Å². The molecule has 2 aromatic rings. The molecule has 1 aromatic carbocycles. The second-order valence-electron chi connectivity index (χ2n) is 3.01. The molecule has 0 bridgehead atoms. The van der Waals surface area contributed by atoms with Crippen molar-refractivity contribution in [3.05, 3.63) is 47.2 Å². The van der Waals surface area contributed by atoms with Crippen LogP contribution in [0.3, 0.4) is 0 Å². The maximum atomic E-state index is 5.88. The monoisotopic (exact) mass is 205 g/mol. The van der Waals surface area contributed by atoms with Gasteiger partial charge in [-0.15, -0.1) is 0 Å². The summed E-state index contributed by atoms with van der Waals surface area (Å²) in [6, 6.07) is 9.45. The number of halogens is 1. The highest BCUT2D eigenvalue weighted by Crippen LogP contribution is 2.14. The number of aromatic nitrogens is 2. The average Bonchev–Trinajstić information content (AvgIpc) is 2.66. The predicted octanol–water partition coefficient (Wildman–Crippen LogP) is 2.89. The van der Waals surface area contributed by atoms with Crippen LogP contribution in [0.2, 0.25) is 5.02 Å². The van der Waals surface area contributed by atoms with E-state index in [-0.39, 0.29) is 0 Å². The van der Waals surface area contributed by atoms with E-state index in [9.17, 15) is 0 Å². The van der Waals surface area contributed by atoms with E-state index in [1.807, 2.05) is 30.3 Å². The Hall–Kier alpha value is -1.28. The second kappa shape index (κ2) is 3.84. The molecular formula is C11H10ClN2. The Morgan fingerprint density at radius 1 is 1.50 bits per heavy atom. The zero-order chi connectivity index (χ0) is 9.97. The Morgan fingerprint density at radius 2 is 2.36 bits per heavy atom. The van der Waals surface area contributed by atoms with Crippen LogP contribution in [0.25, 0.3) is 5.69 Å². The maximum absolute atomic E-state index is 5.88. The van der Waals surface area contributed by atoms with Crippen LogP contribution in [0.1, 0.15) is 12.6 Å². The minimum Gasteiger partial charge on any atom is -0.231 e. The fraction of sp³-hybridized carbons (Fsp3) is 0.182. The number of benzene rings is 1. The van der Waals surface area contributed by atoms with Gasteiger partial charge in [-0.2, -0.15) is 5.10 Å². The number of aryl methyl sites for hydroxylation is 1. The molecule has 0 unspecified atom stereocenters. The summed E-state index contributed by atoms with van der Waals surface area (Å²) in [5.74, 6) is 0. The van der Waals surface area contributed by atoms with Crippen molar-refractivity contribution in [1.82, 2.24) is 9.78 Å². The van der Waals surface area contributed by atoms with E-state index in [0.29, 0.717) is 5.02 Å². The standard InChI is InChI=1S/C11H10ClN2/c1-2-10-6-7-14(13-10)11-5-3-4-9(12)8-11/h3-6,8H,2H2,1H3. The molecule has 0 saturated carbocycles. The summed E-state index contributed by atoms with van der Waals surface area (Å²) in [7, 11) is 0. The molecule has 0 aliphatic heterocycles. The molecule has 2 nitrogen and oxygen atoms in total. The van der Waals surface area contributed by atoms with Crippen LogP contribution in [0.15, 0.2) is 30.3 Å². The molecule has 1 heterocycles. The summed E-state index contributed by atoms with van der Waals surface area (Å²) in [5.41, 5.74) is 1.97. The van der Waals surface area contributed by atoms with E-state index in [4.69, 9.17) is 11.6 Å². The molecule has 1 radical (unpaired) electrons. The van der Waals surface area contributed by atoms with E-state index in [1.165, 1.54) is 0 Å². The Bertz CT molecular complexity index is 434. The zero-order valence-electron chi connectivity index (χ0n) is 7.87. The first-order valence-corrected chi connectivity index (χ1v) is 4.90.